The fourth-order valence-electron chi connectivity index (χ4n) is 1.50. The highest BCUT2D eigenvalue weighted by atomic mass is 32.1. The lowest BCUT2D eigenvalue weighted by Gasteiger charge is -1.98. The number of anilines is 1. The van der Waals surface area contributed by atoms with Crippen LogP contribution in [0.5, 0.6) is 0 Å². The number of nitrogen functional groups attached to an aromatic ring is 1. The van der Waals surface area contributed by atoms with Crippen LogP contribution in [-0.2, 0) is 9.53 Å². The van der Waals surface area contributed by atoms with Gasteiger partial charge in [0.25, 0.3) is 0 Å². The quantitative estimate of drug-likeness (QED) is 0.769. The van der Waals surface area contributed by atoms with Gasteiger partial charge in [-0.25, -0.2) is 4.98 Å². The van der Waals surface area contributed by atoms with E-state index in [0.29, 0.717) is 11.7 Å². The van der Waals surface area contributed by atoms with Crippen LogP contribution in [0.1, 0.15) is 25.0 Å². The smallest absolute Gasteiger partial charge is 0.309 e. The van der Waals surface area contributed by atoms with Gasteiger partial charge in [0.1, 0.15) is 0 Å². The minimum atomic E-state index is -0.107. The molecular weight excluding hydrogens is 200 g/mol. The van der Waals surface area contributed by atoms with Crippen molar-refractivity contribution in [3.05, 3.63) is 11.1 Å². The Morgan fingerprint density at radius 1 is 1.86 bits per heavy atom. The molecule has 1 heterocycles. The molecule has 0 spiro atoms. The van der Waals surface area contributed by atoms with Gasteiger partial charge < -0.3 is 10.5 Å². The summed E-state index contributed by atoms with van der Waals surface area (Å²) in [6, 6.07) is 0. The van der Waals surface area contributed by atoms with Crippen LogP contribution in [0.3, 0.4) is 0 Å². The molecule has 2 N–H and O–H groups in total. The first-order chi connectivity index (χ1) is 6.72. The van der Waals surface area contributed by atoms with E-state index in [9.17, 15) is 4.79 Å². The normalized spacial score (nSPS) is 24.6. The summed E-state index contributed by atoms with van der Waals surface area (Å²) in [4.78, 5) is 15.5. The number of nitrogens with zero attached hydrogens (tertiary/aromatic N) is 1. The summed E-state index contributed by atoms with van der Waals surface area (Å²) in [5.74, 6) is 0.142. The van der Waals surface area contributed by atoms with Gasteiger partial charge in [-0.1, -0.05) is 0 Å². The Labute approximate surface area is 86.1 Å². The number of ether oxygens (including phenoxy) is 1. The zero-order valence-electron chi connectivity index (χ0n) is 7.90. The van der Waals surface area contributed by atoms with E-state index in [2.05, 4.69) is 4.98 Å². The van der Waals surface area contributed by atoms with E-state index in [1.165, 1.54) is 11.3 Å². The fraction of sp³-hybridized carbons (Fsp3) is 0.556. The largest absolute Gasteiger partial charge is 0.466 e. The zero-order valence-corrected chi connectivity index (χ0v) is 8.71. The number of nitrogens with two attached hydrogens (primary N) is 1. The molecule has 0 aliphatic heterocycles. The van der Waals surface area contributed by atoms with E-state index in [1.807, 2.05) is 12.3 Å². The van der Waals surface area contributed by atoms with Crippen LogP contribution in [0.15, 0.2) is 5.38 Å². The highest BCUT2D eigenvalue weighted by molar-refractivity contribution is 7.13. The van der Waals surface area contributed by atoms with Gasteiger partial charge in [0, 0.05) is 11.3 Å². The zero-order chi connectivity index (χ0) is 10.1. The van der Waals surface area contributed by atoms with E-state index in [1.54, 1.807) is 0 Å². The summed E-state index contributed by atoms with van der Waals surface area (Å²) in [5, 5.41) is 2.48. The molecule has 0 bridgehead atoms. The summed E-state index contributed by atoms with van der Waals surface area (Å²) >= 11 is 1.41. The van der Waals surface area contributed by atoms with Crippen LogP contribution >= 0.6 is 11.3 Å². The van der Waals surface area contributed by atoms with Crippen LogP contribution in [0, 0.1) is 5.92 Å². The van der Waals surface area contributed by atoms with E-state index in [-0.39, 0.29) is 17.8 Å². The Hall–Kier alpha value is -1.10. The van der Waals surface area contributed by atoms with Gasteiger partial charge in [0.2, 0.25) is 0 Å². The van der Waals surface area contributed by atoms with E-state index in [0.717, 1.165) is 12.1 Å². The van der Waals surface area contributed by atoms with Crippen LogP contribution < -0.4 is 5.73 Å². The van der Waals surface area contributed by atoms with Gasteiger partial charge in [-0.05, 0) is 13.3 Å². The molecule has 2 atom stereocenters. The Bertz CT molecular complexity index is 350. The molecule has 1 aliphatic rings. The van der Waals surface area contributed by atoms with Crippen LogP contribution in [0.25, 0.3) is 0 Å². The number of thiazole rings is 1. The summed E-state index contributed by atoms with van der Waals surface area (Å²) in [6.07, 6.45) is 0.849. The predicted octanol–water partition coefficient (Wildman–Crippen LogP) is 1.39. The van der Waals surface area contributed by atoms with Gasteiger partial charge >= 0.3 is 5.97 Å². The van der Waals surface area contributed by atoms with Crippen LogP contribution in [0.2, 0.25) is 0 Å². The standard InChI is InChI=1S/C9H12N2O2S/c1-2-13-8(12)6-3-5(6)7-4-14-9(10)11-7/h4-6H,2-3H2,1H3,(H2,10,11)/t5-,6-/m1/s1. The van der Waals surface area contributed by atoms with Gasteiger partial charge in [0.15, 0.2) is 5.13 Å². The number of esters is 1. The molecule has 1 aliphatic carbocycles. The number of hydrogen-bond donors (Lipinski definition) is 1. The average molecular weight is 212 g/mol. The third-order valence-corrected chi connectivity index (χ3v) is 2.99. The summed E-state index contributed by atoms with van der Waals surface area (Å²) in [5.41, 5.74) is 6.45. The van der Waals surface area contributed by atoms with E-state index < -0.39 is 0 Å². The second-order valence-electron chi connectivity index (χ2n) is 3.31. The SMILES string of the molecule is CCOC(=O)[C@@H]1C[C@H]1c1csc(N)n1. The van der Waals surface area contributed by atoms with Crippen molar-refractivity contribution in [1.29, 1.82) is 0 Å². The van der Waals surface area contributed by atoms with Crippen molar-refractivity contribution < 1.29 is 9.53 Å². The Morgan fingerprint density at radius 3 is 3.21 bits per heavy atom. The molecule has 1 aromatic rings. The molecule has 5 heteroatoms. The van der Waals surface area contributed by atoms with Crippen molar-refractivity contribution in [3.8, 4) is 0 Å². The summed E-state index contributed by atoms with van der Waals surface area (Å²) in [6.45, 7) is 2.26. The monoisotopic (exact) mass is 212 g/mol. The molecule has 1 aromatic heterocycles. The molecule has 76 valence electrons. The lowest BCUT2D eigenvalue weighted by atomic mass is 10.2. The Morgan fingerprint density at radius 2 is 2.64 bits per heavy atom. The minimum absolute atomic E-state index is 0.0106. The molecule has 0 radical (unpaired) electrons. The van der Waals surface area contributed by atoms with Crippen molar-refractivity contribution in [2.45, 2.75) is 19.3 Å². The number of rotatable bonds is 3. The Balaban J connectivity index is 1.96. The maximum absolute atomic E-state index is 11.3. The molecule has 0 amide bonds. The molecule has 1 fully saturated rings. The number of carbonyl (C=O) groups is 1. The lowest BCUT2D eigenvalue weighted by molar-refractivity contribution is -0.144. The van der Waals surface area contributed by atoms with E-state index in [4.69, 9.17) is 10.5 Å². The third kappa shape index (κ3) is 1.72. The molecule has 0 aromatic carbocycles. The highest BCUT2D eigenvalue weighted by Gasteiger charge is 2.46. The van der Waals surface area contributed by atoms with Gasteiger partial charge in [-0.3, -0.25) is 4.79 Å². The van der Waals surface area contributed by atoms with Gasteiger partial charge in [-0.15, -0.1) is 11.3 Å². The molecule has 1 saturated carbocycles. The van der Waals surface area contributed by atoms with Gasteiger partial charge in [0.05, 0.1) is 18.2 Å². The maximum atomic E-state index is 11.3. The second kappa shape index (κ2) is 3.57. The first-order valence-corrected chi connectivity index (χ1v) is 5.48. The first kappa shape index (κ1) is 9.45. The second-order valence-corrected chi connectivity index (χ2v) is 4.20. The Kier molecular flexibility index (Phi) is 2.41. The van der Waals surface area contributed by atoms with Gasteiger partial charge in [-0.2, -0.15) is 0 Å². The van der Waals surface area contributed by atoms with Crippen molar-refractivity contribution >= 4 is 22.4 Å². The number of carbonyl (C=O) groups excluding carboxylic acids is 1. The molecular formula is C9H12N2O2S. The minimum Gasteiger partial charge on any atom is -0.466 e. The molecule has 0 saturated heterocycles. The molecule has 14 heavy (non-hydrogen) atoms. The van der Waals surface area contributed by atoms with E-state index >= 15 is 0 Å². The highest BCUT2D eigenvalue weighted by Crippen LogP contribution is 2.48. The van der Waals surface area contributed by atoms with Crippen molar-refractivity contribution in [2.75, 3.05) is 12.3 Å². The summed E-state index contributed by atoms with van der Waals surface area (Å²) < 4.78 is 4.93. The maximum Gasteiger partial charge on any atom is 0.309 e. The third-order valence-electron chi connectivity index (χ3n) is 2.30. The predicted molar refractivity (Wildman–Crippen MR) is 54.0 cm³/mol. The molecule has 2 rings (SSSR count). The first-order valence-electron chi connectivity index (χ1n) is 4.60. The number of aromatic nitrogens is 1. The summed E-state index contributed by atoms with van der Waals surface area (Å²) in [7, 11) is 0. The lowest BCUT2D eigenvalue weighted by Crippen LogP contribution is -2.07. The number of hydrogen-bond acceptors (Lipinski definition) is 5. The topological polar surface area (TPSA) is 65.2 Å². The van der Waals surface area contributed by atoms with Crippen LogP contribution in [0.4, 0.5) is 5.13 Å². The van der Waals surface area contributed by atoms with Crippen LogP contribution in [-0.4, -0.2) is 17.6 Å². The fourth-order valence-corrected chi connectivity index (χ4v) is 2.13. The van der Waals surface area contributed by atoms with Crippen molar-refractivity contribution in [3.63, 3.8) is 0 Å². The van der Waals surface area contributed by atoms with Crippen molar-refractivity contribution in [1.82, 2.24) is 4.98 Å². The van der Waals surface area contributed by atoms with Crippen molar-refractivity contribution in [2.24, 2.45) is 5.92 Å². The molecule has 4 nitrogen and oxygen atoms in total. The molecule has 0 unspecified atom stereocenters. The average Bonchev–Trinajstić information content (AvgIpc) is 2.84.